The van der Waals surface area contributed by atoms with E-state index in [1.807, 2.05) is 69.7 Å². The second-order valence-corrected chi connectivity index (χ2v) is 8.65. The van der Waals surface area contributed by atoms with E-state index in [0.29, 0.717) is 23.3 Å². The van der Waals surface area contributed by atoms with Crippen LogP contribution >= 0.6 is 11.6 Å². The molecule has 0 radical (unpaired) electrons. The van der Waals surface area contributed by atoms with Gasteiger partial charge in [-0.25, -0.2) is 9.97 Å². The molecule has 0 amide bonds. The Hall–Kier alpha value is -3.75. The molecule has 0 aliphatic carbocycles. The molecule has 0 saturated heterocycles. The number of likely N-dealkylation sites (N-methyl/N-ethyl adjacent to an activating group) is 1. The number of hydrogen-bond donors (Lipinski definition) is 2. The van der Waals surface area contributed by atoms with Crippen LogP contribution in [0, 0.1) is 6.92 Å². The molecule has 0 fully saturated rings. The van der Waals surface area contributed by atoms with Gasteiger partial charge < -0.3 is 15.0 Å². The Morgan fingerprint density at radius 1 is 1.06 bits per heavy atom. The molecule has 9 heteroatoms. The number of H-pyrrole nitrogens is 1. The molecular formula is C25H24ClN7O. The van der Waals surface area contributed by atoms with Crippen molar-refractivity contribution >= 4 is 44.8 Å². The zero-order valence-corrected chi connectivity index (χ0v) is 19.9. The van der Waals surface area contributed by atoms with Gasteiger partial charge in [0.2, 0.25) is 0 Å². The van der Waals surface area contributed by atoms with Crippen molar-refractivity contribution in [3.05, 3.63) is 65.7 Å². The number of aromatic nitrogens is 5. The molecule has 2 N–H and O–H groups in total. The summed E-state index contributed by atoms with van der Waals surface area (Å²) in [6.45, 7) is 3.28. The molecule has 0 spiro atoms. The van der Waals surface area contributed by atoms with Gasteiger partial charge in [0.15, 0.2) is 5.82 Å². The number of aryl methyl sites for hydroxylation is 1. The Labute approximate surface area is 202 Å². The first-order valence-electron chi connectivity index (χ1n) is 10.9. The van der Waals surface area contributed by atoms with Crippen LogP contribution in [-0.2, 0) is 0 Å². The van der Waals surface area contributed by atoms with Gasteiger partial charge in [0.05, 0.1) is 16.2 Å². The van der Waals surface area contributed by atoms with Crippen molar-refractivity contribution in [2.45, 2.75) is 6.92 Å². The molecule has 8 nitrogen and oxygen atoms in total. The lowest BCUT2D eigenvalue weighted by Crippen LogP contribution is -2.19. The highest BCUT2D eigenvalue weighted by Crippen LogP contribution is 2.36. The van der Waals surface area contributed by atoms with E-state index in [0.717, 1.165) is 51.0 Å². The molecular weight excluding hydrogens is 450 g/mol. The second-order valence-electron chi connectivity index (χ2n) is 8.25. The van der Waals surface area contributed by atoms with Crippen LogP contribution in [0.1, 0.15) is 5.82 Å². The van der Waals surface area contributed by atoms with Gasteiger partial charge in [0.25, 0.3) is 0 Å². The fraction of sp³-hybridized carbons (Fsp3) is 0.200. The van der Waals surface area contributed by atoms with Gasteiger partial charge in [-0.2, -0.15) is 5.10 Å². The summed E-state index contributed by atoms with van der Waals surface area (Å²) in [4.78, 5) is 15.9. The number of hydrogen-bond acceptors (Lipinski definition) is 7. The molecule has 0 aliphatic rings. The minimum atomic E-state index is 0.546. The molecule has 0 bridgehead atoms. The SMILES string of the molecule is Cc1nc(-c2cccc3c2nc(Nc2ccc(OCCN(C)C)cc2Cl)c2ccncc23)n[nH]1. The molecule has 3 heterocycles. The Morgan fingerprint density at radius 2 is 1.94 bits per heavy atom. The zero-order valence-electron chi connectivity index (χ0n) is 19.1. The minimum absolute atomic E-state index is 0.546. The van der Waals surface area contributed by atoms with E-state index in [1.54, 1.807) is 6.20 Å². The Balaban J connectivity index is 1.57. The fourth-order valence-corrected chi connectivity index (χ4v) is 3.99. The van der Waals surface area contributed by atoms with Crippen molar-refractivity contribution < 1.29 is 4.74 Å². The number of halogens is 1. The summed E-state index contributed by atoms with van der Waals surface area (Å²) < 4.78 is 5.80. The van der Waals surface area contributed by atoms with Crippen LogP contribution in [0.5, 0.6) is 5.75 Å². The Kier molecular flexibility index (Phi) is 6.00. The lowest BCUT2D eigenvalue weighted by molar-refractivity contribution is 0.261. The Bertz CT molecular complexity index is 1480. The van der Waals surface area contributed by atoms with Crippen LogP contribution in [0.25, 0.3) is 33.1 Å². The molecule has 5 aromatic rings. The van der Waals surface area contributed by atoms with Gasteiger partial charge in [0, 0.05) is 46.7 Å². The summed E-state index contributed by atoms with van der Waals surface area (Å²) in [6, 6.07) is 13.5. The summed E-state index contributed by atoms with van der Waals surface area (Å²) in [5, 5.41) is 14.1. The largest absolute Gasteiger partial charge is 0.492 e. The number of aromatic amines is 1. The van der Waals surface area contributed by atoms with E-state index in [1.165, 1.54) is 0 Å². The predicted molar refractivity (Wildman–Crippen MR) is 136 cm³/mol. The van der Waals surface area contributed by atoms with Crippen LogP contribution < -0.4 is 10.1 Å². The van der Waals surface area contributed by atoms with E-state index in [4.69, 9.17) is 21.3 Å². The highest BCUT2D eigenvalue weighted by molar-refractivity contribution is 6.33. The lowest BCUT2D eigenvalue weighted by atomic mass is 10.0. The van der Waals surface area contributed by atoms with Gasteiger partial charge in [0.1, 0.15) is 24.0 Å². The summed E-state index contributed by atoms with van der Waals surface area (Å²) >= 11 is 6.60. The number of nitrogens with one attached hydrogen (secondary N) is 2. The van der Waals surface area contributed by atoms with Gasteiger partial charge in [-0.15, -0.1) is 0 Å². The quantitative estimate of drug-likeness (QED) is 0.313. The van der Waals surface area contributed by atoms with Crippen LogP contribution in [0.2, 0.25) is 5.02 Å². The standard InChI is InChI=1S/C25H24ClN7O/c1-15-28-25(32-31-15)19-6-4-5-17-20-14-27-10-9-18(20)24(30-23(17)19)29-22-8-7-16(13-21(22)26)34-12-11-33(2)3/h4-10,13-14H,11-12H2,1-3H3,(H,29,30)(H,28,31,32). The van der Waals surface area contributed by atoms with Crippen molar-refractivity contribution in [3.8, 4) is 17.1 Å². The first-order valence-corrected chi connectivity index (χ1v) is 11.3. The predicted octanol–water partition coefficient (Wildman–Crippen LogP) is 5.21. The number of nitrogens with zero attached hydrogens (tertiary/aromatic N) is 5. The topological polar surface area (TPSA) is 91.8 Å². The number of anilines is 2. The second kappa shape index (κ2) is 9.24. The molecule has 0 saturated carbocycles. The molecule has 5 rings (SSSR count). The molecule has 3 aromatic heterocycles. The van der Waals surface area contributed by atoms with E-state index >= 15 is 0 Å². The number of fused-ring (bicyclic) bond motifs is 3. The molecule has 34 heavy (non-hydrogen) atoms. The van der Waals surface area contributed by atoms with Crippen molar-refractivity contribution in [1.82, 2.24) is 30.0 Å². The molecule has 0 unspecified atom stereocenters. The summed E-state index contributed by atoms with van der Waals surface area (Å²) in [7, 11) is 4.02. The van der Waals surface area contributed by atoms with E-state index in [-0.39, 0.29) is 0 Å². The summed E-state index contributed by atoms with van der Waals surface area (Å²) in [5.74, 6) is 2.74. The number of ether oxygens (including phenoxy) is 1. The first kappa shape index (κ1) is 22.1. The van der Waals surface area contributed by atoms with E-state index in [2.05, 4.69) is 30.4 Å². The van der Waals surface area contributed by atoms with Crippen molar-refractivity contribution in [3.63, 3.8) is 0 Å². The van der Waals surface area contributed by atoms with E-state index in [9.17, 15) is 0 Å². The lowest BCUT2D eigenvalue weighted by Gasteiger charge is -2.15. The minimum Gasteiger partial charge on any atom is -0.492 e. The molecule has 172 valence electrons. The zero-order chi connectivity index (χ0) is 23.7. The van der Waals surface area contributed by atoms with Crippen LogP contribution in [0.4, 0.5) is 11.5 Å². The molecule has 0 atom stereocenters. The summed E-state index contributed by atoms with van der Waals surface area (Å²) in [5.41, 5.74) is 2.36. The maximum atomic E-state index is 6.60. The number of benzene rings is 2. The third-order valence-electron chi connectivity index (χ3n) is 5.46. The first-order chi connectivity index (χ1) is 16.5. The van der Waals surface area contributed by atoms with Gasteiger partial charge >= 0.3 is 0 Å². The van der Waals surface area contributed by atoms with Gasteiger partial charge in [-0.05, 0) is 45.3 Å². The summed E-state index contributed by atoms with van der Waals surface area (Å²) in [6.07, 6.45) is 3.60. The number of rotatable bonds is 7. The maximum Gasteiger partial charge on any atom is 0.183 e. The molecule has 0 aliphatic heterocycles. The van der Waals surface area contributed by atoms with Crippen LogP contribution in [0.15, 0.2) is 54.9 Å². The third-order valence-corrected chi connectivity index (χ3v) is 5.78. The van der Waals surface area contributed by atoms with Crippen LogP contribution in [0.3, 0.4) is 0 Å². The van der Waals surface area contributed by atoms with Gasteiger partial charge in [-0.3, -0.25) is 10.1 Å². The van der Waals surface area contributed by atoms with Crippen LogP contribution in [-0.4, -0.2) is 57.3 Å². The average molecular weight is 474 g/mol. The normalized spacial score (nSPS) is 11.4. The van der Waals surface area contributed by atoms with Crippen molar-refractivity contribution in [1.29, 1.82) is 0 Å². The fourth-order valence-electron chi connectivity index (χ4n) is 3.77. The van der Waals surface area contributed by atoms with Crippen molar-refractivity contribution in [2.75, 3.05) is 32.6 Å². The number of para-hydroxylation sites is 1. The van der Waals surface area contributed by atoms with Crippen molar-refractivity contribution in [2.24, 2.45) is 0 Å². The van der Waals surface area contributed by atoms with Gasteiger partial charge in [-0.1, -0.05) is 23.7 Å². The monoisotopic (exact) mass is 473 g/mol. The highest BCUT2D eigenvalue weighted by atomic mass is 35.5. The smallest absolute Gasteiger partial charge is 0.183 e. The van der Waals surface area contributed by atoms with E-state index < -0.39 is 0 Å². The Morgan fingerprint density at radius 3 is 2.71 bits per heavy atom. The third kappa shape index (κ3) is 4.37. The average Bonchev–Trinajstić information content (AvgIpc) is 3.26. The molecule has 2 aromatic carbocycles. The number of pyridine rings is 2. The maximum absolute atomic E-state index is 6.60. The highest BCUT2D eigenvalue weighted by Gasteiger charge is 2.16.